The topological polar surface area (TPSA) is 70.0 Å². The molecule has 0 radical (unpaired) electrons. The molecule has 0 saturated carbocycles. The number of hydrogen-bond donors (Lipinski definition) is 1. The van der Waals surface area contributed by atoms with Gasteiger partial charge in [-0.25, -0.2) is 0 Å². The first-order valence-electron chi connectivity index (χ1n) is 3.14. The Kier molecular flexibility index (Phi) is 2.02. The largest absolute Gasteiger partial charge is 0.296 e. The van der Waals surface area contributed by atoms with E-state index in [9.17, 15) is 9.59 Å². The van der Waals surface area contributed by atoms with Gasteiger partial charge in [0.25, 0.3) is 0 Å². The SMILES string of the molecule is N#CC=CC1CC(=O)NC1=O. The molecule has 0 aromatic carbocycles. The molecule has 1 saturated heterocycles. The van der Waals surface area contributed by atoms with Crippen LogP contribution in [0.5, 0.6) is 0 Å². The van der Waals surface area contributed by atoms with Gasteiger partial charge in [-0.3, -0.25) is 14.9 Å². The highest BCUT2D eigenvalue weighted by atomic mass is 16.2. The highest BCUT2D eigenvalue weighted by Crippen LogP contribution is 2.11. The van der Waals surface area contributed by atoms with Crippen molar-refractivity contribution < 1.29 is 9.59 Å². The third-order valence-electron chi connectivity index (χ3n) is 1.41. The van der Waals surface area contributed by atoms with Crippen LogP contribution in [-0.2, 0) is 9.59 Å². The smallest absolute Gasteiger partial charge is 0.234 e. The molecule has 1 N–H and O–H groups in total. The molecule has 1 fully saturated rings. The predicted octanol–water partition coefficient (Wildman–Crippen LogP) is -0.271. The number of nitrogens with zero attached hydrogens (tertiary/aromatic N) is 1. The molecule has 1 unspecified atom stereocenters. The fraction of sp³-hybridized carbons (Fsp3) is 0.286. The van der Waals surface area contributed by atoms with Gasteiger partial charge in [-0.15, -0.1) is 0 Å². The minimum absolute atomic E-state index is 0.164. The summed E-state index contributed by atoms with van der Waals surface area (Å²) in [4.78, 5) is 21.4. The fourth-order valence-corrected chi connectivity index (χ4v) is 0.888. The quantitative estimate of drug-likeness (QED) is 0.413. The van der Waals surface area contributed by atoms with Gasteiger partial charge < -0.3 is 0 Å². The van der Waals surface area contributed by atoms with Crippen molar-refractivity contribution in [3.05, 3.63) is 12.2 Å². The van der Waals surface area contributed by atoms with Crippen LogP contribution in [0.15, 0.2) is 12.2 Å². The monoisotopic (exact) mass is 150 g/mol. The first-order valence-corrected chi connectivity index (χ1v) is 3.14. The molecule has 0 aliphatic carbocycles. The van der Waals surface area contributed by atoms with Crippen LogP contribution in [-0.4, -0.2) is 11.8 Å². The van der Waals surface area contributed by atoms with Crippen molar-refractivity contribution in [1.82, 2.24) is 5.32 Å². The number of rotatable bonds is 1. The zero-order valence-electron chi connectivity index (χ0n) is 5.70. The number of carbonyl (C=O) groups excluding carboxylic acids is 2. The van der Waals surface area contributed by atoms with E-state index in [0.29, 0.717) is 0 Å². The maximum Gasteiger partial charge on any atom is 0.234 e. The molecule has 1 atom stereocenters. The van der Waals surface area contributed by atoms with Crippen molar-refractivity contribution in [3.63, 3.8) is 0 Å². The molecule has 0 aromatic heterocycles. The van der Waals surface area contributed by atoms with Gasteiger partial charge in [-0.1, -0.05) is 6.08 Å². The first kappa shape index (κ1) is 7.48. The van der Waals surface area contributed by atoms with Crippen molar-refractivity contribution >= 4 is 11.8 Å². The van der Waals surface area contributed by atoms with Crippen LogP contribution in [0.4, 0.5) is 0 Å². The first-order chi connectivity index (χ1) is 5.24. The molecular weight excluding hydrogens is 144 g/mol. The van der Waals surface area contributed by atoms with E-state index in [1.165, 1.54) is 12.2 Å². The fourth-order valence-electron chi connectivity index (χ4n) is 0.888. The summed E-state index contributed by atoms with van der Waals surface area (Å²) in [7, 11) is 0. The maximum absolute atomic E-state index is 10.8. The van der Waals surface area contributed by atoms with Gasteiger partial charge in [-0.2, -0.15) is 5.26 Å². The summed E-state index contributed by atoms with van der Waals surface area (Å²) in [6.07, 6.45) is 2.81. The van der Waals surface area contributed by atoms with Crippen molar-refractivity contribution in [1.29, 1.82) is 5.26 Å². The van der Waals surface area contributed by atoms with E-state index < -0.39 is 5.92 Å². The summed E-state index contributed by atoms with van der Waals surface area (Å²) in [6, 6.07) is 1.76. The van der Waals surface area contributed by atoms with Crippen LogP contribution in [0.3, 0.4) is 0 Å². The second kappa shape index (κ2) is 2.97. The molecule has 1 aliphatic rings. The number of nitriles is 1. The zero-order chi connectivity index (χ0) is 8.27. The van der Waals surface area contributed by atoms with Gasteiger partial charge in [-0.05, 0) is 0 Å². The molecule has 2 amide bonds. The van der Waals surface area contributed by atoms with Gasteiger partial charge in [0.1, 0.15) is 0 Å². The molecule has 0 bridgehead atoms. The molecule has 4 heteroatoms. The second-order valence-corrected chi connectivity index (χ2v) is 2.21. The summed E-state index contributed by atoms with van der Waals surface area (Å²) in [6.45, 7) is 0. The van der Waals surface area contributed by atoms with Crippen LogP contribution in [0.2, 0.25) is 0 Å². The molecular formula is C7H6N2O2. The lowest BCUT2D eigenvalue weighted by atomic mass is 10.1. The van der Waals surface area contributed by atoms with Crippen LogP contribution in [0.25, 0.3) is 0 Å². The van der Waals surface area contributed by atoms with E-state index in [2.05, 4.69) is 5.32 Å². The Hall–Kier alpha value is -1.63. The summed E-state index contributed by atoms with van der Waals surface area (Å²) >= 11 is 0. The van der Waals surface area contributed by atoms with Crippen molar-refractivity contribution in [2.24, 2.45) is 5.92 Å². The van der Waals surface area contributed by atoms with Gasteiger partial charge >= 0.3 is 0 Å². The Morgan fingerprint density at radius 3 is 2.82 bits per heavy atom. The Labute approximate surface area is 63.5 Å². The normalized spacial score (nSPS) is 23.7. The zero-order valence-corrected chi connectivity index (χ0v) is 5.70. The Balaban J connectivity index is 2.62. The summed E-state index contributed by atoms with van der Waals surface area (Å²) < 4.78 is 0. The summed E-state index contributed by atoms with van der Waals surface area (Å²) in [5.74, 6) is -1.04. The third-order valence-corrected chi connectivity index (χ3v) is 1.41. The number of amides is 2. The van der Waals surface area contributed by atoms with E-state index in [1.807, 2.05) is 0 Å². The molecule has 56 valence electrons. The average molecular weight is 150 g/mol. The van der Waals surface area contributed by atoms with E-state index in [4.69, 9.17) is 5.26 Å². The Morgan fingerprint density at radius 1 is 1.64 bits per heavy atom. The van der Waals surface area contributed by atoms with Gasteiger partial charge in [0.15, 0.2) is 0 Å². The van der Waals surface area contributed by atoms with E-state index >= 15 is 0 Å². The molecule has 1 rings (SSSR count). The van der Waals surface area contributed by atoms with Crippen molar-refractivity contribution in [2.75, 3.05) is 0 Å². The molecule has 1 heterocycles. The molecule has 4 nitrogen and oxygen atoms in total. The van der Waals surface area contributed by atoms with Crippen LogP contribution < -0.4 is 5.32 Å². The Bertz CT molecular complexity index is 262. The highest BCUT2D eigenvalue weighted by molar-refractivity contribution is 6.04. The summed E-state index contributed by atoms with van der Waals surface area (Å²) in [5.41, 5.74) is 0. The van der Waals surface area contributed by atoms with E-state index in [0.717, 1.165) is 0 Å². The number of nitrogens with one attached hydrogen (secondary N) is 1. The summed E-state index contributed by atoms with van der Waals surface area (Å²) in [5, 5.41) is 10.3. The van der Waals surface area contributed by atoms with E-state index in [1.54, 1.807) is 6.07 Å². The lowest BCUT2D eigenvalue weighted by Gasteiger charge is -1.92. The number of imide groups is 1. The maximum atomic E-state index is 10.8. The molecule has 0 spiro atoms. The minimum Gasteiger partial charge on any atom is -0.296 e. The standard InChI is InChI=1S/C7H6N2O2/c8-3-1-2-5-4-6(10)9-7(5)11/h1-2,5H,4H2,(H,9,10,11). The lowest BCUT2D eigenvalue weighted by molar-refractivity contribution is -0.125. The Morgan fingerprint density at radius 2 is 2.36 bits per heavy atom. The molecule has 11 heavy (non-hydrogen) atoms. The van der Waals surface area contributed by atoms with Crippen LogP contribution in [0, 0.1) is 17.2 Å². The van der Waals surface area contributed by atoms with Gasteiger partial charge in [0, 0.05) is 12.5 Å². The predicted molar refractivity (Wildman–Crippen MR) is 36.0 cm³/mol. The average Bonchev–Trinajstić information content (AvgIpc) is 2.26. The minimum atomic E-state index is -0.442. The van der Waals surface area contributed by atoms with Crippen LogP contribution in [0.1, 0.15) is 6.42 Å². The third kappa shape index (κ3) is 1.64. The highest BCUT2D eigenvalue weighted by Gasteiger charge is 2.27. The number of hydrogen-bond acceptors (Lipinski definition) is 3. The second-order valence-electron chi connectivity index (χ2n) is 2.21. The van der Waals surface area contributed by atoms with Crippen molar-refractivity contribution in [3.8, 4) is 6.07 Å². The van der Waals surface area contributed by atoms with Crippen molar-refractivity contribution in [2.45, 2.75) is 6.42 Å². The van der Waals surface area contributed by atoms with Gasteiger partial charge in [0.2, 0.25) is 11.8 Å². The lowest BCUT2D eigenvalue weighted by Crippen LogP contribution is -2.21. The number of carbonyl (C=O) groups is 2. The molecule has 1 aliphatic heterocycles. The van der Waals surface area contributed by atoms with E-state index in [-0.39, 0.29) is 18.2 Å². The van der Waals surface area contributed by atoms with Crippen LogP contribution >= 0.6 is 0 Å². The number of allylic oxidation sites excluding steroid dienone is 1. The molecule has 0 aromatic rings. The van der Waals surface area contributed by atoms with Gasteiger partial charge in [0.05, 0.1) is 12.0 Å².